The van der Waals surface area contributed by atoms with Gasteiger partial charge in [-0.3, -0.25) is 5.32 Å². The van der Waals surface area contributed by atoms with E-state index in [4.69, 9.17) is 4.74 Å². The lowest BCUT2D eigenvalue weighted by Crippen LogP contribution is -2.34. The van der Waals surface area contributed by atoms with E-state index in [2.05, 4.69) is 11.4 Å². The molecule has 5 heteroatoms. The quantitative estimate of drug-likeness (QED) is 0.748. The Morgan fingerprint density at radius 3 is 3.21 bits per heavy atom. The molecule has 1 aromatic heterocycles. The van der Waals surface area contributed by atoms with Crippen LogP contribution in [0.3, 0.4) is 0 Å². The van der Waals surface area contributed by atoms with Crippen LogP contribution in [0.25, 0.3) is 0 Å². The molecule has 1 aliphatic heterocycles. The molecule has 3 nitrogen and oxygen atoms in total. The fraction of sp³-hybridized carbons (Fsp3) is 0.444. The summed E-state index contributed by atoms with van der Waals surface area (Å²) in [6.07, 6.45) is 1.01. The minimum Gasteiger partial charge on any atom is -0.468 e. The van der Waals surface area contributed by atoms with Crippen LogP contribution < -0.4 is 5.32 Å². The highest BCUT2D eigenvalue weighted by Gasteiger charge is 2.27. The summed E-state index contributed by atoms with van der Waals surface area (Å²) in [6, 6.07) is 1.84. The normalized spacial score (nSPS) is 19.4. The molecule has 1 atom stereocenters. The molecule has 78 valence electrons. The molecule has 0 radical (unpaired) electrons. The predicted octanol–water partition coefficient (Wildman–Crippen LogP) is 1.53. The van der Waals surface area contributed by atoms with Gasteiger partial charge in [0.05, 0.1) is 7.11 Å². The van der Waals surface area contributed by atoms with Crippen LogP contribution in [0.2, 0.25) is 0 Å². The Hall–Kier alpha value is -0.580. The number of methoxy groups -OCH3 is 1. The van der Waals surface area contributed by atoms with Gasteiger partial charge in [0.15, 0.2) is 0 Å². The summed E-state index contributed by atoms with van der Waals surface area (Å²) in [7, 11) is 1.42. The molecule has 0 bridgehead atoms. The van der Waals surface area contributed by atoms with E-state index in [1.807, 2.05) is 5.38 Å². The second-order valence-corrected chi connectivity index (χ2v) is 3.92. The Morgan fingerprint density at radius 1 is 1.71 bits per heavy atom. The average Bonchev–Trinajstić information content (AvgIpc) is 2.63. The lowest BCUT2D eigenvalue weighted by molar-refractivity contribution is -0.143. The lowest BCUT2D eigenvalue weighted by atomic mass is 10.0. The van der Waals surface area contributed by atoms with Crippen molar-refractivity contribution < 1.29 is 9.53 Å². The molecule has 1 unspecified atom stereocenters. The maximum Gasteiger partial charge on any atom is 0.328 e. The molecule has 1 aliphatic rings. The van der Waals surface area contributed by atoms with E-state index < -0.39 is 0 Å². The number of carbonyl (C=O) groups excluding carboxylic acids is 1. The first kappa shape index (κ1) is 11.5. The number of hydrogen-bond acceptors (Lipinski definition) is 4. The number of carbonyl (C=O) groups is 1. The van der Waals surface area contributed by atoms with Crippen molar-refractivity contribution in [3.05, 3.63) is 21.9 Å². The first-order valence-electron chi connectivity index (χ1n) is 4.20. The Bertz CT molecular complexity index is 326. The molecule has 1 N–H and O–H groups in total. The average molecular weight is 234 g/mol. The largest absolute Gasteiger partial charge is 0.468 e. The minimum absolute atomic E-state index is 0. The molecule has 0 saturated carbocycles. The standard InChI is InChI=1S/C9H11NO2S.ClH/c1-12-9(11)7-8-6(2-4-10-7)3-5-13-8;/h3,5,7,10H,2,4H2,1H3;1H. The van der Waals surface area contributed by atoms with E-state index in [1.165, 1.54) is 12.7 Å². The Balaban J connectivity index is 0.000000980. The second kappa shape index (κ2) is 4.77. The molecule has 0 aliphatic carbocycles. The zero-order chi connectivity index (χ0) is 9.26. The van der Waals surface area contributed by atoms with Crippen molar-refractivity contribution in [2.24, 2.45) is 0 Å². The number of esters is 1. The van der Waals surface area contributed by atoms with E-state index in [9.17, 15) is 4.79 Å². The van der Waals surface area contributed by atoms with Gasteiger partial charge in [0.25, 0.3) is 0 Å². The third kappa shape index (κ3) is 1.92. The van der Waals surface area contributed by atoms with Crippen LogP contribution in [0, 0.1) is 0 Å². The van der Waals surface area contributed by atoms with Crippen LogP contribution in [0.5, 0.6) is 0 Å². The zero-order valence-electron chi connectivity index (χ0n) is 7.78. The molecule has 0 saturated heterocycles. The smallest absolute Gasteiger partial charge is 0.328 e. The van der Waals surface area contributed by atoms with E-state index in [0.29, 0.717) is 0 Å². The van der Waals surface area contributed by atoms with Crippen LogP contribution in [-0.2, 0) is 16.0 Å². The van der Waals surface area contributed by atoms with Crippen LogP contribution in [-0.4, -0.2) is 19.6 Å². The molecular formula is C9H12ClNO2S. The van der Waals surface area contributed by atoms with Crippen LogP contribution in [0.1, 0.15) is 16.5 Å². The molecule has 14 heavy (non-hydrogen) atoms. The third-order valence-electron chi connectivity index (χ3n) is 2.22. The van der Waals surface area contributed by atoms with Gasteiger partial charge >= 0.3 is 5.97 Å². The monoisotopic (exact) mass is 233 g/mol. The zero-order valence-corrected chi connectivity index (χ0v) is 9.41. The van der Waals surface area contributed by atoms with Gasteiger partial charge in [-0.1, -0.05) is 0 Å². The first-order chi connectivity index (χ1) is 6.33. The number of hydrogen-bond donors (Lipinski definition) is 1. The molecule has 0 aromatic carbocycles. The molecule has 0 spiro atoms. The SMILES string of the molecule is COC(=O)C1NCCc2ccsc21.Cl. The second-order valence-electron chi connectivity index (χ2n) is 2.97. The van der Waals surface area contributed by atoms with Gasteiger partial charge in [-0.15, -0.1) is 23.7 Å². The fourth-order valence-corrected chi connectivity index (χ4v) is 2.58. The van der Waals surface area contributed by atoms with Gasteiger partial charge in [-0.2, -0.15) is 0 Å². The molecule has 1 aromatic rings. The topological polar surface area (TPSA) is 38.3 Å². The first-order valence-corrected chi connectivity index (χ1v) is 5.08. The minimum atomic E-state index is -0.242. The predicted molar refractivity (Wildman–Crippen MR) is 58.0 cm³/mol. The Kier molecular flexibility index (Phi) is 3.92. The van der Waals surface area contributed by atoms with Crippen LogP contribution in [0.4, 0.5) is 0 Å². The summed E-state index contributed by atoms with van der Waals surface area (Å²) in [5.41, 5.74) is 1.28. The number of ether oxygens (including phenoxy) is 1. The third-order valence-corrected chi connectivity index (χ3v) is 3.25. The van der Waals surface area contributed by atoms with Crippen molar-refractivity contribution >= 4 is 29.7 Å². The van der Waals surface area contributed by atoms with E-state index in [-0.39, 0.29) is 24.4 Å². The maximum absolute atomic E-state index is 11.3. The Morgan fingerprint density at radius 2 is 2.50 bits per heavy atom. The molecular weight excluding hydrogens is 222 g/mol. The summed E-state index contributed by atoms with van der Waals surface area (Å²) in [6.45, 7) is 0.851. The number of thiophene rings is 1. The van der Waals surface area contributed by atoms with Gasteiger partial charge in [-0.05, 0) is 23.4 Å². The highest BCUT2D eigenvalue weighted by molar-refractivity contribution is 7.10. The number of nitrogens with one attached hydrogen (secondary N) is 1. The van der Waals surface area contributed by atoms with E-state index in [0.717, 1.165) is 17.8 Å². The Labute approximate surface area is 92.9 Å². The van der Waals surface area contributed by atoms with Crippen molar-refractivity contribution in [1.29, 1.82) is 0 Å². The molecule has 0 amide bonds. The lowest BCUT2D eigenvalue weighted by Gasteiger charge is -2.21. The van der Waals surface area contributed by atoms with E-state index in [1.54, 1.807) is 11.3 Å². The number of halogens is 1. The summed E-state index contributed by atoms with van der Waals surface area (Å²) < 4.78 is 4.72. The molecule has 2 heterocycles. The van der Waals surface area contributed by atoms with Crippen molar-refractivity contribution in [2.45, 2.75) is 12.5 Å². The summed E-state index contributed by atoms with van der Waals surface area (Å²) in [5.74, 6) is -0.191. The van der Waals surface area contributed by atoms with Gasteiger partial charge in [-0.25, -0.2) is 4.79 Å². The van der Waals surface area contributed by atoms with Gasteiger partial charge in [0.1, 0.15) is 6.04 Å². The van der Waals surface area contributed by atoms with Crippen LogP contribution in [0.15, 0.2) is 11.4 Å². The van der Waals surface area contributed by atoms with Gasteiger partial charge in [0, 0.05) is 11.4 Å². The maximum atomic E-state index is 11.3. The van der Waals surface area contributed by atoms with Gasteiger partial charge < -0.3 is 4.74 Å². The van der Waals surface area contributed by atoms with Gasteiger partial charge in [0.2, 0.25) is 0 Å². The summed E-state index contributed by atoms with van der Waals surface area (Å²) >= 11 is 1.61. The fourth-order valence-electron chi connectivity index (χ4n) is 1.56. The van der Waals surface area contributed by atoms with Crippen molar-refractivity contribution in [2.75, 3.05) is 13.7 Å². The highest BCUT2D eigenvalue weighted by atomic mass is 35.5. The highest BCUT2D eigenvalue weighted by Crippen LogP contribution is 2.28. The summed E-state index contributed by atoms with van der Waals surface area (Å²) in [5, 5.41) is 5.17. The van der Waals surface area contributed by atoms with Crippen molar-refractivity contribution in [3.8, 4) is 0 Å². The van der Waals surface area contributed by atoms with Crippen molar-refractivity contribution in [1.82, 2.24) is 5.32 Å². The van der Waals surface area contributed by atoms with E-state index >= 15 is 0 Å². The molecule has 2 rings (SSSR count). The van der Waals surface area contributed by atoms with Crippen molar-refractivity contribution in [3.63, 3.8) is 0 Å². The number of rotatable bonds is 1. The number of fused-ring (bicyclic) bond motifs is 1. The summed E-state index contributed by atoms with van der Waals surface area (Å²) in [4.78, 5) is 12.5. The molecule has 0 fully saturated rings. The van der Waals surface area contributed by atoms with Crippen LogP contribution >= 0.6 is 23.7 Å².